The van der Waals surface area contributed by atoms with Gasteiger partial charge >= 0.3 is 0 Å². The van der Waals surface area contributed by atoms with Crippen LogP contribution in [0, 0.1) is 11.3 Å². The van der Waals surface area contributed by atoms with E-state index in [4.69, 9.17) is 68.9 Å². The summed E-state index contributed by atoms with van der Waals surface area (Å²) >= 11 is 24.0. The maximum atomic E-state index is 10.7. The third kappa shape index (κ3) is 18.4. The number of rotatable bonds is 13. The number of piperazine rings is 1. The van der Waals surface area contributed by atoms with Crippen molar-refractivity contribution in [2.45, 2.75) is 0 Å². The number of nitrogens with zero attached hydrogens (tertiary/aromatic N) is 5. The van der Waals surface area contributed by atoms with Crippen LogP contribution in [0.2, 0.25) is 20.1 Å². The number of amidine groups is 3. The zero-order valence-electron chi connectivity index (χ0n) is 41.7. The standard InChI is InChI=1S/C22H16ClN3.C22H17ClN2O.C19H20Cl2N4/c23-20-10-12-21(13-11-20)26-22(25)14-5-16-1-6-18(7-2-16)19-8-3-17(15-24)4-9-19;23-20-10-12-21(13-11-20)25-22(24)14-5-16-1-6-18(7-2-16)19-8-3-17(15-26)4-9-19;20-15-3-5-16(6-4-15)24-19(22)8-2-14-1-7-17(13-18(14)21)25-11-9-23-10-12-25/h1-14H,(H2,25,26);1-15H,(H2,24,25);1-8,13,23H,9-12H2,(H2,22,24)/b2*14-5+;8-2+. The Morgan fingerprint density at radius 1 is 0.481 bits per heavy atom. The Kier molecular flexibility index (Phi) is 21.1. The smallest absolute Gasteiger partial charge is 0.150 e. The Balaban J connectivity index is 0.000000168. The third-order valence-electron chi connectivity index (χ3n) is 11.6. The Morgan fingerprint density at radius 3 is 1.21 bits per heavy atom. The summed E-state index contributed by atoms with van der Waals surface area (Å²) in [6, 6.07) is 61.0. The van der Waals surface area contributed by atoms with Gasteiger partial charge in [0.25, 0.3) is 0 Å². The average Bonchev–Trinajstić information content (AvgIpc) is 3.46. The molecule has 0 bridgehead atoms. The van der Waals surface area contributed by atoms with Crippen molar-refractivity contribution in [2.75, 3.05) is 31.1 Å². The molecule has 8 aromatic rings. The van der Waals surface area contributed by atoms with Crippen LogP contribution in [0.1, 0.15) is 32.6 Å². The van der Waals surface area contributed by atoms with E-state index in [1.54, 1.807) is 54.6 Å². The molecule has 7 N–H and O–H groups in total. The zero-order chi connectivity index (χ0) is 54.4. The van der Waals surface area contributed by atoms with Crippen LogP contribution in [0.25, 0.3) is 40.5 Å². The van der Waals surface area contributed by atoms with E-state index in [0.29, 0.717) is 48.7 Å². The molecule has 0 unspecified atom stereocenters. The number of halogens is 4. The monoisotopic (exact) mass is 1090 g/mol. The first-order valence-corrected chi connectivity index (χ1v) is 25.8. The number of aldehydes is 1. The molecule has 0 aromatic heterocycles. The van der Waals surface area contributed by atoms with Gasteiger partial charge in [0.2, 0.25) is 0 Å². The molecule has 10 nitrogen and oxygen atoms in total. The molecule has 0 aliphatic carbocycles. The second-order valence-electron chi connectivity index (χ2n) is 17.2. The lowest BCUT2D eigenvalue weighted by Crippen LogP contribution is -2.43. The molecule has 1 aliphatic rings. The normalized spacial score (nSPS) is 12.9. The molecule has 14 heteroatoms. The molecular weight excluding hydrogens is 1040 g/mol. The van der Waals surface area contributed by atoms with Crippen molar-refractivity contribution in [3.05, 3.63) is 254 Å². The summed E-state index contributed by atoms with van der Waals surface area (Å²) in [5.74, 6) is 1.24. The number of aliphatic imine (C=N–C) groups is 3. The molecule has 0 radical (unpaired) electrons. The predicted octanol–water partition coefficient (Wildman–Crippen LogP) is 15.2. The van der Waals surface area contributed by atoms with Gasteiger partial charge < -0.3 is 27.4 Å². The highest BCUT2D eigenvalue weighted by Gasteiger charge is 2.11. The van der Waals surface area contributed by atoms with Crippen molar-refractivity contribution < 1.29 is 4.79 Å². The number of benzene rings is 8. The van der Waals surface area contributed by atoms with Crippen LogP contribution >= 0.6 is 46.4 Å². The fourth-order valence-electron chi connectivity index (χ4n) is 7.48. The van der Waals surface area contributed by atoms with Gasteiger partial charge in [0.15, 0.2) is 0 Å². The SMILES string of the molecule is N#Cc1ccc(-c2ccc(/C=C/C(N)=Nc3ccc(Cl)cc3)cc2)cc1.NC(/C=C/c1ccc(-c2ccc(C=O)cc2)cc1)=Nc1ccc(Cl)cc1.NC(/C=C/c1ccc(N2CCNCC2)cc1Cl)=Nc1ccc(Cl)cc1. The van der Waals surface area contributed by atoms with E-state index in [2.05, 4.69) is 37.3 Å². The predicted molar refractivity (Wildman–Crippen MR) is 326 cm³/mol. The molecule has 384 valence electrons. The van der Waals surface area contributed by atoms with Gasteiger partial charge in [0, 0.05) is 57.5 Å². The lowest BCUT2D eigenvalue weighted by Gasteiger charge is -2.29. The lowest BCUT2D eigenvalue weighted by atomic mass is 10.0. The highest BCUT2D eigenvalue weighted by atomic mass is 35.5. The number of carbonyl (C=O) groups excluding carboxylic acids is 1. The Bertz CT molecular complexity index is 3440. The molecule has 8 aromatic carbocycles. The van der Waals surface area contributed by atoms with Gasteiger partial charge in [-0.1, -0.05) is 150 Å². The van der Waals surface area contributed by atoms with Gasteiger partial charge in [-0.15, -0.1) is 0 Å². The molecule has 0 amide bonds. The second kappa shape index (κ2) is 29.0. The van der Waals surface area contributed by atoms with Crippen molar-refractivity contribution in [3.8, 4) is 28.3 Å². The quantitative estimate of drug-likeness (QED) is 0.0505. The van der Waals surface area contributed by atoms with E-state index < -0.39 is 0 Å². The maximum Gasteiger partial charge on any atom is 0.150 e. The molecule has 0 spiro atoms. The van der Waals surface area contributed by atoms with Gasteiger partial charge in [0.05, 0.1) is 28.7 Å². The van der Waals surface area contributed by atoms with Crippen LogP contribution in [0.5, 0.6) is 0 Å². The molecule has 77 heavy (non-hydrogen) atoms. The first kappa shape index (κ1) is 56.2. The minimum atomic E-state index is 0.407. The highest BCUT2D eigenvalue weighted by molar-refractivity contribution is 6.32. The van der Waals surface area contributed by atoms with Crippen LogP contribution in [-0.2, 0) is 0 Å². The number of anilines is 1. The van der Waals surface area contributed by atoms with Gasteiger partial charge in [-0.3, -0.25) is 4.79 Å². The van der Waals surface area contributed by atoms with Gasteiger partial charge in [0.1, 0.15) is 23.8 Å². The first-order chi connectivity index (χ1) is 37.4. The van der Waals surface area contributed by atoms with Crippen LogP contribution in [-0.4, -0.2) is 50.0 Å². The Hall–Kier alpha value is -8.53. The zero-order valence-corrected chi connectivity index (χ0v) is 44.7. The Morgan fingerprint density at radius 2 is 0.844 bits per heavy atom. The number of hydrogen-bond donors (Lipinski definition) is 4. The van der Waals surface area contributed by atoms with Gasteiger partial charge in [-0.05, 0) is 160 Å². The van der Waals surface area contributed by atoms with Crippen molar-refractivity contribution >= 4 is 111 Å². The van der Waals surface area contributed by atoms with Crippen LogP contribution < -0.4 is 27.4 Å². The fourth-order valence-corrected chi connectivity index (χ4v) is 8.10. The largest absolute Gasteiger partial charge is 0.384 e. The summed E-state index contributed by atoms with van der Waals surface area (Å²) in [5, 5.41) is 14.9. The summed E-state index contributed by atoms with van der Waals surface area (Å²) in [4.78, 5) is 26.0. The number of hydrogen-bond acceptors (Lipinski definition) is 7. The van der Waals surface area contributed by atoms with E-state index in [0.717, 1.165) is 94.2 Å². The first-order valence-electron chi connectivity index (χ1n) is 24.2. The molecule has 0 atom stereocenters. The van der Waals surface area contributed by atoms with E-state index in [1.165, 1.54) is 0 Å². The Labute approximate surface area is 469 Å². The number of nitrogens with two attached hydrogens (primary N) is 3. The molecular formula is C63H53Cl4N9O. The topological polar surface area (TPSA) is 171 Å². The van der Waals surface area contributed by atoms with Gasteiger partial charge in [-0.25, -0.2) is 15.0 Å². The average molecular weight is 1090 g/mol. The van der Waals surface area contributed by atoms with Crippen molar-refractivity contribution in [3.63, 3.8) is 0 Å². The van der Waals surface area contributed by atoms with Crippen LogP contribution in [0.3, 0.4) is 0 Å². The fraction of sp³-hybridized carbons (Fsp3) is 0.0635. The second-order valence-corrected chi connectivity index (χ2v) is 18.9. The van der Waals surface area contributed by atoms with E-state index in [9.17, 15) is 4.79 Å². The molecule has 1 heterocycles. The minimum Gasteiger partial charge on any atom is -0.384 e. The summed E-state index contributed by atoms with van der Waals surface area (Å²) in [5.41, 5.74) is 29.9. The van der Waals surface area contributed by atoms with Crippen LogP contribution in [0.4, 0.5) is 22.7 Å². The van der Waals surface area contributed by atoms with Crippen LogP contribution in [0.15, 0.2) is 221 Å². The highest BCUT2D eigenvalue weighted by Crippen LogP contribution is 2.27. The third-order valence-corrected chi connectivity index (χ3v) is 12.7. The molecule has 1 fully saturated rings. The number of carbonyl (C=O) groups is 1. The summed E-state index contributed by atoms with van der Waals surface area (Å²) in [7, 11) is 0. The van der Waals surface area contributed by atoms with Crippen molar-refractivity contribution in [1.82, 2.24) is 5.32 Å². The molecule has 0 saturated carbocycles. The molecule has 1 aliphatic heterocycles. The minimum absolute atomic E-state index is 0.407. The van der Waals surface area contributed by atoms with Crippen molar-refractivity contribution in [2.24, 2.45) is 32.2 Å². The number of nitriles is 1. The maximum absolute atomic E-state index is 10.7. The molecule has 9 rings (SSSR count). The summed E-state index contributed by atoms with van der Waals surface area (Å²) < 4.78 is 0. The van der Waals surface area contributed by atoms with Crippen molar-refractivity contribution in [1.29, 1.82) is 5.26 Å². The van der Waals surface area contributed by atoms with E-state index >= 15 is 0 Å². The summed E-state index contributed by atoms with van der Waals surface area (Å²) in [6.07, 6.45) is 11.8. The van der Waals surface area contributed by atoms with E-state index in [1.807, 2.05) is 164 Å². The molecule has 1 saturated heterocycles. The number of nitrogens with one attached hydrogen (secondary N) is 1. The summed E-state index contributed by atoms with van der Waals surface area (Å²) in [6.45, 7) is 3.98. The lowest BCUT2D eigenvalue weighted by molar-refractivity contribution is 0.112. The van der Waals surface area contributed by atoms with Gasteiger partial charge in [-0.2, -0.15) is 5.26 Å². The van der Waals surface area contributed by atoms with E-state index in [-0.39, 0.29) is 0 Å².